The highest BCUT2D eigenvalue weighted by molar-refractivity contribution is 7.92. The molecule has 4 rings (SSSR count). The summed E-state index contributed by atoms with van der Waals surface area (Å²) in [5.74, 6) is -0.372. The van der Waals surface area contributed by atoms with Crippen molar-refractivity contribution in [2.45, 2.75) is 63.6 Å². The fourth-order valence-corrected chi connectivity index (χ4v) is 5.75. The highest BCUT2D eigenvalue weighted by Gasteiger charge is 2.32. The molecule has 1 atom stereocenters. The first-order chi connectivity index (χ1) is 20.9. The molecule has 0 aliphatic carbocycles. The van der Waals surface area contributed by atoms with Crippen LogP contribution in [0.2, 0.25) is 5.02 Å². The summed E-state index contributed by atoms with van der Waals surface area (Å²) in [6.07, 6.45) is 1.43. The molecule has 0 amide bonds. The van der Waals surface area contributed by atoms with Gasteiger partial charge in [-0.05, 0) is 55.0 Å². The predicted molar refractivity (Wildman–Crippen MR) is 167 cm³/mol. The van der Waals surface area contributed by atoms with E-state index in [-0.39, 0.29) is 56.2 Å². The number of ether oxygens (including phenoxy) is 6. The van der Waals surface area contributed by atoms with E-state index in [1.165, 1.54) is 32.4 Å². The topological polar surface area (TPSA) is 119 Å². The second kappa shape index (κ2) is 14.0. The number of benzene rings is 3. The van der Waals surface area contributed by atoms with E-state index in [0.29, 0.717) is 18.8 Å². The van der Waals surface area contributed by atoms with Crippen LogP contribution >= 0.6 is 11.6 Å². The van der Waals surface area contributed by atoms with Crippen LogP contribution < -0.4 is 23.7 Å². The molecule has 1 saturated heterocycles. The SMILES string of the molecule is CCOc1cc(C(=O)OC)c(OC2CCCCO2)c(NS(=O)(=O)c2ccc(C(C)(C)C)cc2)c1Oc1cc(OC)ccc1Cl. The number of esters is 1. The zero-order valence-electron chi connectivity index (χ0n) is 25.7. The summed E-state index contributed by atoms with van der Waals surface area (Å²) in [4.78, 5) is 13.1. The summed E-state index contributed by atoms with van der Waals surface area (Å²) >= 11 is 6.48. The van der Waals surface area contributed by atoms with Gasteiger partial charge in [0.2, 0.25) is 0 Å². The molecule has 12 heteroatoms. The first kappa shape index (κ1) is 33.2. The molecular formula is C32H38ClNO9S. The van der Waals surface area contributed by atoms with Crippen LogP contribution in [-0.2, 0) is 24.9 Å². The first-order valence-electron chi connectivity index (χ1n) is 14.2. The van der Waals surface area contributed by atoms with Crippen LogP contribution in [0.25, 0.3) is 0 Å². The number of carbonyl (C=O) groups is 1. The van der Waals surface area contributed by atoms with E-state index in [1.807, 2.05) is 20.8 Å². The minimum absolute atomic E-state index is 0.0165. The van der Waals surface area contributed by atoms with Crippen molar-refractivity contribution in [2.75, 3.05) is 32.2 Å². The predicted octanol–water partition coefficient (Wildman–Crippen LogP) is 7.33. The third-order valence-electron chi connectivity index (χ3n) is 6.91. The quantitative estimate of drug-likeness (QED) is 0.213. The molecule has 1 fully saturated rings. The lowest BCUT2D eigenvalue weighted by molar-refractivity contribution is -0.105. The van der Waals surface area contributed by atoms with Gasteiger partial charge >= 0.3 is 5.97 Å². The van der Waals surface area contributed by atoms with Crippen molar-refractivity contribution < 1.29 is 41.6 Å². The van der Waals surface area contributed by atoms with Crippen molar-refractivity contribution in [1.82, 2.24) is 0 Å². The molecular weight excluding hydrogens is 610 g/mol. The van der Waals surface area contributed by atoms with Gasteiger partial charge in [0.25, 0.3) is 10.0 Å². The van der Waals surface area contributed by atoms with Crippen LogP contribution in [0.5, 0.6) is 28.7 Å². The van der Waals surface area contributed by atoms with Gasteiger partial charge in [0.1, 0.15) is 22.7 Å². The molecule has 1 unspecified atom stereocenters. The lowest BCUT2D eigenvalue weighted by Gasteiger charge is -2.27. The van der Waals surface area contributed by atoms with Crippen LogP contribution in [0.15, 0.2) is 53.4 Å². The monoisotopic (exact) mass is 647 g/mol. The van der Waals surface area contributed by atoms with E-state index >= 15 is 0 Å². The molecule has 44 heavy (non-hydrogen) atoms. The molecule has 0 saturated carbocycles. The van der Waals surface area contributed by atoms with Crippen molar-refractivity contribution in [1.29, 1.82) is 0 Å². The number of hydrogen-bond acceptors (Lipinski definition) is 9. The number of rotatable bonds is 11. The molecule has 0 aromatic heterocycles. The van der Waals surface area contributed by atoms with Crippen molar-refractivity contribution in [3.63, 3.8) is 0 Å². The number of carbonyl (C=O) groups excluding carboxylic acids is 1. The Bertz CT molecular complexity index is 1580. The van der Waals surface area contributed by atoms with Crippen molar-refractivity contribution in [3.05, 3.63) is 64.7 Å². The average molecular weight is 648 g/mol. The van der Waals surface area contributed by atoms with Gasteiger partial charge in [0, 0.05) is 18.6 Å². The van der Waals surface area contributed by atoms with Crippen LogP contribution in [0.3, 0.4) is 0 Å². The van der Waals surface area contributed by atoms with Gasteiger partial charge in [-0.3, -0.25) is 4.72 Å². The second-order valence-corrected chi connectivity index (χ2v) is 13.2. The second-order valence-electron chi connectivity index (χ2n) is 11.1. The molecule has 1 heterocycles. The first-order valence-corrected chi connectivity index (χ1v) is 16.1. The van der Waals surface area contributed by atoms with E-state index in [4.69, 9.17) is 40.0 Å². The normalized spacial score (nSPS) is 15.3. The molecule has 3 aromatic carbocycles. The molecule has 10 nitrogen and oxygen atoms in total. The van der Waals surface area contributed by atoms with Gasteiger partial charge in [-0.1, -0.05) is 44.5 Å². The van der Waals surface area contributed by atoms with Crippen LogP contribution in [0.1, 0.15) is 62.9 Å². The molecule has 1 aliphatic heterocycles. The highest BCUT2D eigenvalue weighted by atomic mass is 35.5. The van der Waals surface area contributed by atoms with Gasteiger partial charge in [0.15, 0.2) is 23.5 Å². The summed E-state index contributed by atoms with van der Waals surface area (Å²) in [5.41, 5.74) is 0.492. The maximum absolute atomic E-state index is 13.9. The Balaban J connectivity index is 1.96. The lowest BCUT2D eigenvalue weighted by atomic mass is 9.87. The summed E-state index contributed by atoms with van der Waals surface area (Å²) in [6, 6.07) is 12.7. The number of nitrogens with one attached hydrogen (secondary N) is 1. The molecule has 1 N–H and O–H groups in total. The van der Waals surface area contributed by atoms with Gasteiger partial charge < -0.3 is 28.4 Å². The van der Waals surface area contributed by atoms with E-state index in [1.54, 1.807) is 37.3 Å². The molecule has 3 aromatic rings. The molecule has 238 valence electrons. The number of methoxy groups -OCH3 is 2. The van der Waals surface area contributed by atoms with Gasteiger partial charge in [0.05, 0.1) is 37.4 Å². The Labute approximate surface area is 263 Å². The van der Waals surface area contributed by atoms with Gasteiger partial charge in [-0.15, -0.1) is 0 Å². The maximum Gasteiger partial charge on any atom is 0.341 e. The summed E-state index contributed by atoms with van der Waals surface area (Å²) in [6.45, 7) is 8.45. The lowest BCUT2D eigenvalue weighted by Crippen LogP contribution is -2.27. The zero-order valence-corrected chi connectivity index (χ0v) is 27.3. The zero-order chi connectivity index (χ0) is 32.1. The fourth-order valence-electron chi connectivity index (χ4n) is 4.53. The van der Waals surface area contributed by atoms with E-state index < -0.39 is 22.3 Å². The van der Waals surface area contributed by atoms with E-state index in [2.05, 4.69) is 4.72 Å². The number of anilines is 1. The highest BCUT2D eigenvalue weighted by Crippen LogP contribution is 2.50. The summed E-state index contributed by atoms with van der Waals surface area (Å²) in [7, 11) is -1.57. The Morgan fingerprint density at radius 3 is 2.34 bits per heavy atom. The Hall–Kier alpha value is -3.67. The Kier molecular flexibility index (Phi) is 10.5. The van der Waals surface area contributed by atoms with Crippen LogP contribution in [-0.4, -0.2) is 48.1 Å². The summed E-state index contributed by atoms with van der Waals surface area (Å²) < 4.78 is 65.0. The molecule has 0 bridgehead atoms. The van der Waals surface area contributed by atoms with Gasteiger partial charge in [-0.2, -0.15) is 0 Å². The Morgan fingerprint density at radius 2 is 1.75 bits per heavy atom. The van der Waals surface area contributed by atoms with E-state index in [9.17, 15) is 13.2 Å². The largest absolute Gasteiger partial charge is 0.497 e. The minimum Gasteiger partial charge on any atom is -0.497 e. The van der Waals surface area contributed by atoms with E-state index in [0.717, 1.165) is 18.4 Å². The Morgan fingerprint density at radius 1 is 1.02 bits per heavy atom. The standard InChI is InChI=1S/C32H38ClNO9S/c1-7-40-26-19-23(31(35)39-6)29(43-27-10-8-9-17-41-27)28(30(26)42-25-18-21(38-5)13-16-24(25)33)34-44(36,37)22-14-11-20(12-15-22)32(2,3)4/h11-16,18-19,27,34H,7-10,17H2,1-6H3. The van der Waals surface area contributed by atoms with Crippen LogP contribution in [0.4, 0.5) is 5.69 Å². The maximum atomic E-state index is 13.9. The van der Waals surface area contributed by atoms with Crippen molar-refractivity contribution in [3.8, 4) is 28.7 Å². The van der Waals surface area contributed by atoms with Crippen molar-refractivity contribution in [2.24, 2.45) is 0 Å². The summed E-state index contributed by atoms with van der Waals surface area (Å²) in [5, 5.41) is 0.218. The third kappa shape index (κ3) is 7.69. The third-order valence-corrected chi connectivity index (χ3v) is 8.59. The number of hydrogen-bond donors (Lipinski definition) is 1. The fraction of sp³-hybridized carbons (Fsp3) is 0.406. The number of sulfonamides is 1. The molecule has 0 spiro atoms. The molecule has 0 radical (unpaired) electrons. The average Bonchev–Trinajstić information content (AvgIpc) is 3.00. The van der Waals surface area contributed by atoms with Crippen LogP contribution in [0, 0.1) is 0 Å². The van der Waals surface area contributed by atoms with Gasteiger partial charge in [-0.25, -0.2) is 13.2 Å². The number of halogens is 1. The van der Waals surface area contributed by atoms with Crippen molar-refractivity contribution >= 4 is 33.3 Å². The molecule has 1 aliphatic rings. The smallest absolute Gasteiger partial charge is 0.341 e. The minimum atomic E-state index is -4.27.